The second kappa shape index (κ2) is 9.93. The minimum absolute atomic E-state index is 0.0400. The van der Waals surface area contributed by atoms with Gasteiger partial charge in [0.05, 0.1) is 22.2 Å². The number of carbonyl (C=O) groups is 1. The fourth-order valence-corrected chi connectivity index (χ4v) is 4.41. The van der Waals surface area contributed by atoms with Gasteiger partial charge in [-0.25, -0.2) is 8.42 Å². The summed E-state index contributed by atoms with van der Waals surface area (Å²) in [5, 5.41) is 0. The average molecular weight is 469 g/mol. The first-order chi connectivity index (χ1) is 13.3. The zero-order chi connectivity index (χ0) is 20.7. The average Bonchev–Trinajstić information content (AvgIpc) is 2.67. The summed E-state index contributed by atoms with van der Waals surface area (Å²) >= 11 is 3.34. The van der Waals surface area contributed by atoms with Crippen molar-refractivity contribution >= 4 is 37.5 Å². The van der Waals surface area contributed by atoms with Crippen molar-refractivity contribution in [2.75, 3.05) is 24.9 Å². The number of rotatable bonds is 9. The molecule has 0 saturated carbocycles. The van der Waals surface area contributed by atoms with Gasteiger partial charge in [0.15, 0.2) is 0 Å². The van der Waals surface area contributed by atoms with Crippen LogP contribution in [0.5, 0.6) is 5.75 Å². The lowest BCUT2D eigenvalue weighted by Crippen LogP contribution is -2.32. The molecule has 0 aromatic heterocycles. The number of nitrogens with zero attached hydrogens (tertiary/aromatic N) is 1. The maximum absolute atomic E-state index is 12.8. The van der Waals surface area contributed by atoms with Crippen LogP contribution in [-0.4, -0.2) is 39.4 Å². The van der Waals surface area contributed by atoms with Gasteiger partial charge in [-0.2, -0.15) is 0 Å². The molecule has 0 radical (unpaired) electrons. The normalized spacial score (nSPS) is 11.1. The molecule has 6 nitrogen and oxygen atoms in total. The number of carbonyl (C=O) groups excluding carboxylic acids is 1. The van der Waals surface area contributed by atoms with E-state index in [0.717, 1.165) is 12.8 Å². The number of anilines is 1. The van der Waals surface area contributed by atoms with E-state index in [1.54, 1.807) is 35.2 Å². The minimum atomic E-state index is -3.84. The number of benzene rings is 2. The Morgan fingerprint density at radius 3 is 2.36 bits per heavy atom. The third-order valence-corrected chi connectivity index (χ3v) is 6.07. The fourth-order valence-electron chi connectivity index (χ4n) is 2.78. The van der Waals surface area contributed by atoms with Crippen molar-refractivity contribution < 1.29 is 17.9 Å². The number of hydrogen-bond acceptors (Lipinski definition) is 4. The molecule has 0 heterocycles. The molecule has 2 rings (SSSR count). The van der Waals surface area contributed by atoms with Crippen LogP contribution in [0.4, 0.5) is 5.69 Å². The van der Waals surface area contributed by atoms with E-state index in [1.807, 2.05) is 13.8 Å². The highest BCUT2D eigenvalue weighted by Gasteiger charge is 2.19. The second-order valence-electron chi connectivity index (χ2n) is 6.27. The maximum Gasteiger partial charge on any atom is 0.261 e. The van der Waals surface area contributed by atoms with Gasteiger partial charge in [-0.15, -0.1) is 0 Å². The van der Waals surface area contributed by atoms with E-state index in [4.69, 9.17) is 4.74 Å². The Hall–Kier alpha value is -2.06. The fraction of sp³-hybridized carbons (Fsp3) is 0.350. The molecule has 0 atom stereocenters. The summed E-state index contributed by atoms with van der Waals surface area (Å²) in [4.78, 5) is 14.6. The molecule has 0 aliphatic rings. The van der Waals surface area contributed by atoms with E-state index in [1.165, 1.54) is 19.2 Å². The Bertz CT molecular complexity index is 926. The first-order valence-electron chi connectivity index (χ1n) is 9.08. The van der Waals surface area contributed by atoms with Crippen molar-refractivity contribution in [1.82, 2.24) is 4.90 Å². The van der Waals surface area contributed by atoms with Gasteiger partial charge >= 0.3 is 0 Å². The largest absolute Gasteiger partial charge is 0.496 e. The van der Waals surface area contributed by atoms with Crippen LogP contribution in [0.3, 0.4) is 0 Å². The van der Waals surface area contributed by atoms with Crippen LogP contribution in [0.1, 0.15) is 37.0 Å². The predicted molar refractivity (Wildman–Crippen MR) is 114 cm³/mol. The van der Waals surface area contributed by atoms with Crippen LogP contribution in [0.2, 0.25) is 0 Å². The molecule has 2 aromatic rings. The van der Waals surface area contributed by atoms with Crippen LogP contribution >= 0.6 is 15.9 Å². The van der Waals surface area contributed by atoms with Crippen molar-refractivity contribution in [1.29, 1.82) is 0 Å². The van der Waals surface area contributed by atoms with Gasteiger partial charge in [-0.05, 0) is 65.2 Å². The van der Waals surface area contributed by atoms with Crippen molar-refractivity contribution in [2.45, 2.75) is 31.6 Å². The molecule has 1 N–H and O–H groups in total. The summed E-state index contributed by atoms with van der Waals surface area (Å²) in [5.41, 5.74) is 0.753. The van der Waals surface area contributed by atoms with Gasteiger partial charge < -0.3 is 9.64 Å². The van der Waals surface area contributed by atoms with E-state index >= 15 is 0 Å². The molecule has 152 valence electrons. The summed E-state index contributed by atoms with van der Waals surface area (Å²) < 4.78 is 33.9. The Labute approximate surface area is 175 Å². The Morgan fingerprint density at radius 2 is 1.79 bits per heavy atom. The molecule has 0 bridgehead atoms. The van der Waals surface area contributed by atoms with E-state index in [2.05, 4.69) is 20.7 Å². The number of methoxy groups -OCH3 is 1. The maximum atomic E-state index is 12.8. The topological polar surface area (TPSA) is 75.7 Å². The Morgan fingerprint density at radius 1 is 1.11 bits per heavy atom. The van der Waals surface area contributed by atoms with Crippen LogP contribution in [0.15, 0.2) is 51.8 Å². The summed E-state index contributed by atoms with van der Waals surface area (Å²) in [6.07, 6.45) is 1.69. The highest BCUT2D eigenvalue weighted by atomic mass is 79.9. The van der Waals surface area contributed by atoms with E-state index < -0.39 is 10.0 Å². The molecule has 28 heavy (non-hydrogen) atoms. The Kier molecular flexibility index (Phi) is 7.88. The first-order valence-corrected chi connectivity index (χ1v) is 11.4. The van der Waals surface area contributed by atoms with Crippen molar-refractivity contribution in [3.05, 3.63) is 52.5 Å². The van der Waals surface area contributed by atoms with Crippen LogP contribution in [0, 0.1) is 0 Å². The van der Waals surface area contributed by atoms with Gasteiger partial charge in [-0.3, -0.25) is 9.52 Å². The zero-order valence-electron chi connectivity index (χ0n) is 16.2. The van der Waals surface area contributed by atoms with E-state index in [-0.39, 0.29) is 10.8 Å². The molecule has 0 aliphatic heterocycles. The number of sulfonamides is 1. The number of halogens is 1. The van der Waals surface area contributed by atoms with Crippen LogP contribution < -0.4 is 9.46 Å². The summed E-state index contributed by atoms with van der Waals surface area (Å²) in [6, 6.07) is 11.0. The first kappa shape index (κ1) is 22.2. The summed E-state index contributed by atoms with van der Waals surface area (Å²) in [7, 11) is -2.30. The molecular weight excluding hydrogens is 444 g/mol. The standard InChI is InChI=1S/C20H25BrN2O4S/c1-4-11-23(12-5-2)20(24)15-7-6-8-17(13-15)28(25,26)22-16-9-10-19(27-3)18(21)14-16/h6-10,13-14,22H,4-5,11-12H2,1-3H3. The highest BCUT2D eigenvalue weighted by Crippen LogP contribution is 2.29. The van der Waals surface area contributed by atoms with Crippen LogP contribution in [-0.2, 0) is 10.0 Å². The molecule has 8 heteroatoms. The molecule has 2 aromatic carbocycles. The monoisotopic (exact) mass is 468 g/mol. The number of hydrogen-bond donors (Lipinski definition) is 1. The van der Waals surface area contributed by atoms with Gasteiger partial charge in [0.25, 0.3) is 15.9 Å². The van der Waals surface area contributed by atoms with Crippen LogP contribution in [0.25, 0.3) is 0 Å². The lowest BCUT2D eigenvalue weighted by molar-refractivity contribution is 0.0755. The van der Waals surface area contributed by atoms with Gasteiger partial charge in [0, 0.05) is 18.7 Å². The molecular formula is C20H25BrN2O4S. The lowest BCUT2D eigenvalue weighted by atomic mass is 10.2. The quantitative estimate of drug-likeness (QED) is 0.586. The predicted octanol–water partition coefficient (Wildman–Crippen LogP) is 4.52. The van der Waals surface area contributed by atoms with Gasteiger partial charge in [0.2, 0.25) is 0 Å². The molecule has 1 amide bonds. The molecule has 0 spiro atoms. The molecule has 0 fully saturated rings. The molecule has 0 saturated heterocycles. The number of nitrogens with one attached hydrogen (secondary N) is 1. The zero-order valence-corrected chi connectivity index (χ0v) is 18.6. The highest BCUT2D eigenvalue weighted by molar-refractivity contribution is 9.10. The Balaban J connectivity index is 2.28. The molecule has 0 aliphatic carbocycles. The third-order valence-electron chi connectivity index (χ3n) is 4.07. The van der Waals surface area contributed by atoms with Crippen molar-refractivity contribution in [3.63, 3.8) is 0 Å². The lowest BCUT2D eigenvalue weighted by Gasteiger charge is -2.21. The smallest absolute Gasteiger partial charge is 0.261 e. The van der Waals surface area contributed by atoms with Crippen molar-refractivity contribution in [2.24, 2.45) is 0 Å². The second-order valence-corrected chi connectivity index (χ2v) is 8.81. The van der Waals surface area contributed by atoms with E-state index in [0.29, 0.717) is 34.6 Å². The minimum Gasteiger partial charge on any atom is -0.496 e. The number of ether oxygens (including phenoxy) is 1. The van der Waals surface area contributed by atoms with Gasteiger partial charge in [-0.1, -0.05) is 19.9 Å². The third kappa shape index (κ3) is 5.48. The number of amides is 1. The van der Waals surface area contributed by atoms with Gasteiger partial charge in [0.1, 0.15) is 5.75 Å². The summed E-state index contributed by atoms with van der Waals surface area (Å²) in [6.45, 7) is 5.30. The van der Waals surface area contributed by atoms with E-state index in [9.17, 15) is 13.2 Å². The summed E-state index contributed by atoms with van der Waals surface area (Å²) in [5.74, 6) is 0.440. The molecule has 0 unspecified atom stereocenters. The SMILES string of the molecule is CCCN(CCC)C(=O)c1cccc(S(=O)(=O)Nc2ccc(OC)c(Br)c2)c1. The van der Waals surface area contributed by atoms with Crippen molar-refractivity contribution in [3.8, 4) is 5.75 Å².